The largest absolute Gasteiger partial charge is 0.356 e. The maximum absolute atomic E-state index is 11.8. The highest BCUT2D eigenvalue weighted by Crippen LogP contribution is 2.33. The number of anilines is 1. The van der Waals surface area contributed by atoms with Gasteiger partial charge >= 0.3 is 0 Å². The summed E-state index contributed by atoms with van der Waals surface area (Å²) in [6.07, 6.45) is 6.12. The highest BCUT2D eigenvalue weighted by molar-refractivity contribution is 7.15. The van der Waals surface area contributed by atoms with Gasteiger partial charge in [-0.25, -0.2) is 4.98 Å². The molecule has 1 aliphatic carbocycles. The molecule has 0 aromatic carbocycles. The number of carbonyl (C=O) groups excluding carboxylic acids is 2. The molecule has 21 heavy (non-hydrogen) atoms. The zero-order valence-electron chi connectivity index (χ0n) is 12.7. The fraction of sp³-hybridized carbons (Fsp3) is 0.667. The van der Waals surface area contributed by atoms with Crippen LogP contribution in [0.3, 0.4) is 0 Å². The van der Waals surface area contributed by atoms with Gasteiger partial charge in [0.05, 0.1) is 5.69 Å². The van der Waals surface area contributed by atoms with Crippen molar-refractivity contribution in [1.82, 2.24) is 10.3 Å². The Morgan fingerprint density at radius 2 is 2.24 bits per heavy atom. The summed E-state index contributed by atoms with van der Waals surface area (Å²) in [6, 6.07) is 0. The Morgan fingerprint density at radius 3 is 2.95 bits per heavy atom. The number of carbonyl (C=O) groups is 2. The third kappa shape index (κ3) is 4.81. The van der Waals surface area contributed by atoms with Crippen LogP contribution in [-0.4, -0.2) is 23.3 Å². The van der Waals surface area contributed by atoms with Gasteiger partial charge in [0.15, 0.2) is 5.13 Å². The van der Waals surface area contributed by atoms with Crippen molar-refractivity contribution in [2.24, 2.45) is 5.92 Å². The SMILES string of the molecule is CCCC1CCc2nc(NC(=O)CCNC(C)=O)sc2C1. The van der Waals surface area contributed by atoms with E-state index in [0.717, 1.165) is 24.5 Å². The molecule has 5 nitrogen and oxygen atoms in total. The van der Waals surface area contributed by atoms with E-state index in [0.29, 0.717) is 11.7 Å². The summed E-state index contributed by atoms with van der Waals surface area (Å²) in [6.45, 7) is 4.03. The van der Waals surface area contributed by atoms with Crippen molar-refractivity contribution in [3.63, 3.8) is 0 Å². The Bertz CT molecular complexity index is 513. The molecule has 0 spiro atoms. The van der Waals surface area contributed by atoms with Gasteiger partial charge in [-0.3, -0.25) is 9.59 Å². The number of aromatic nitrogens is 1. The van der Waals surface area contributed by atoms with Gasteiger partial charge in [0, 0.05) is 24.8 Å². The van der Waals surface area contributed by atoms with Crippen molar-refractivity contribution in [3.8, 4) is 0 Å². The van der Waals surface area contributed by atoms with Crippen molar-refractivity contribution >= 4 is 28.3 Å². The molecular weight excluding hydrogens is 286 g/mol. The molecular formula is C15H23N3O2S. The second-order valence-electron chi connectivity index (χ2n) is 5.57. The quantitative estimate of drug-likeness (QED) is 0.848. The molecule has 2 amide bonds. The van der Waals surface area contributed by atoms with E-state index >= 15 is 0 Å². The molecule has 0 fully saturated rings. The van der Waals surface area contributed by atoms with Crippen molar-refractivity contribution in [2.45, 2.75) is 52.4 Å². The Hall–Kier alpha value is -1.43. The van der Waals surface area contributed by atoms with E-state index in [-0.39, 0.29) is 18.2 Å². The smallest absolute Gasteiger partial charge is 0.227 e. The van der Waals surface area contributed by atoms with Gasteiger partial charge in [0.25, 0.3) is 0 Å². The minimum Gasteiger partial charge on any atom is -0.356 e. The third-order valence-electron chi connectivity index (χ3n) is 3.71. The van der Waals surface area contributed by atoms with Crippen molar-refractivity contribution in [2.75, 3.05) is 11.9 Å². The van der Waals surface area contributed by atoms with Crippen LogP contribution >= 0.6 is 11.3 Å². The van der Waals surface area contributed by atoms with E-state index in [1.807, 2.05) is 0 Å². The molecule has 1 aromatic heterocycles. The Kier molecular flexibility index (Phi) is 5.73. The fourth-order valence-corrected chi connectivity index (χ4v) is 3.82. The molecule has 1 aromatic rings. The number of thiazole rings is 1. The van der Waals surface area contributed by atoms with E-state index in [1.54, 1.807) is 11.3 Å². The fourth-order valence-electron chi connectivity index (χ4n) is 2.69. The summed E-state index contributed by atoms with van der Waals surface area (Å²) >= 11 is 1.60. The minimum absolute atomic E-state index is 0.0973. The van der Waals surface area contributed by atoms with Gasteiger partial charge in [0.2, 0.25) is 11.8 Å². The molecule has 0 radical (unpaired) electrons. The zero-order chi connectivity index (χ0) is 15.2. The van der Waals surface area contributed by atoms with Crippen LogP contribution in [0.2, 0.25) is 0 Å². The second-order valence-corrected chi connectivity index (χ2v) is 6.65. The zero-order valence-corrected chi connectivity index (χ0v) is 13.5. The van der Waals surface area contributed by atoms with Gasteiger partial charge in [-0.05, 0) is 25.2 Å². The highest BCUT2D eigenvalue weighted by atomic mass is 32.1. The summed E-state index contributed by atoms with van der Waals surface area (Å²) in [4.78, 5) is 28.4. The van der Waals surface area contributed by atoms with Crippen LogP contribution < -0.4 is 10.6 Å². The summed E-state index contributed by atoms with van der Waals surface area (Å²) in [5.41, 5.74) is 1.16. The molecule has 1 heterocycles. The summed E-state index contributed by atoms with van der Waals surface area (Å²) < 4.78 is 0. The summed E-state index contributed by atoms with van der Waals surface area (Å²) in [7, 11) is 0. The molecule has 2 N–H and O–H groups in total. The van der Waals surface area contributed by atoms with Crippen LogP contribution in [-0.2, 0) is 22.4 Å². The maximum Gasteiger partial charge on any atom is 0.227 e. The second kappa shape index (κ2) is 7.54. The van der Waals surface area contributed by atoms with Crippen LogP contribution in [0.25, 0.3) is 0 Å². The molecule has 1 unspecified atom stereocenters. The van der Waals surface area contributed by atoms with E-state index in [1.165, 1.54) is 31.1 Å². The van der Waals surface area contributed by atoms with Gasteiger partial charge in [-0.2, -0.15) is 0 Å². The first-order valence-electron chi connectivity index (χ1n) is 7.61. The molecule has 6 heteroatoms. The average Bonchev–Trinajstić information content (AvgIpc) is 2.80. The average molecular weight is 309 g/mol. The molecule has 1 atom stereocenters. The lowest BCUT2D eigenvalue weighted by atomic mass is 9.88. The van der Waals surface area contributed by atoms with Crippen LogP contribution in [0, 0.1) is 5.92 Å². The first-order valence-corrected chi connectivity index (χ1v) is 8.43. The molecule has 1 aliphatic rings. The van der Waals surface area contributed by atoms with E-state index < -0.39 is 0 Å². The predicted molar refractivity (Wildman–Crippen MR) is 84.5 cm³/mol. The minimum atomic E-state index is -0.116. The standard InChI is InChI=1S/C15H23N3O2S/c1-3-4-11-5-6-12-13(9-11)21-15(17-12)18-14(20)7-8-16-10(2)19/h11H,3-9H2,1-2H3,(H,16,19)(H,17,18,20). The normalized spacial score (nSPS) is 17.1. The first kappa shape index (κ1) is 15.9. The molecule has 2 rings (SSSR count). The lowest BCUT2D eigenvalue weighted by Crippen LogP contribution is -2.25. The topological polar surface area (TPSA) is 71.1 Å². The van der Waals surface area contributed by atoms with E-state index in [2.05, 4.69) is 22.5 Å². The summed E-state index contributed by atoms with van der Waals surface area (Å²) in [5.74, 6) is 0.556. The molecule has 0 aliphatic heterocycles. The lowest BCUT2D eigenvalue weighted by Gasteiger charge is -2.19. The summed E-state index contributed by atoms with van der Waals surface area (Å²) in [5, 5.41) is 6.15. The Morgan fingerprint density at radius 1 is 1.43 bits per heavy atom. The maximum atomic E-state index is 11.8. The Labute approximate surface area is 129 Å². The molecule has 116 valence electrons. The number of fused-ring (bicyclic) bond motifs is 1. The van der Waals surface area contributed by atoms with Crippen molar-refractivity contribution in [3.05, 3.63) is 10.6 Å². The number of amides is 2. The number of aryl methyl sites for hydroxylation is 1. The number of nitrogens with one attached hydrogen (secondary N) is 2. The first-order chi connectivity index (χ1) is 10.1. The van der Waals surface area contributed by atoms with Gasteiger partial charge in [-0.15, -0.1) is 11.3 Å². The highest BCUT2D eigenvalue weighted by Gasteiger charge is 2.22. The van der Waals surface area contributed by atoms with E-state index in [4.69, 9.17) is 0 Å². The molecule has 0 bridgehead atoms. The number of hydrogen-bond donors (Lipinski definition) is 2. The van der Waals surface area contributed by atoms with Gasteiger partial charge < -0.3 is 10.6 Å². The Balaban J connectivity index is 1.85. The predicted octanol–water partition coefficient (Wildman–Crippen LogP) is 2.51. The van der Waals surface area contributed by atoms with Gasteiger partial charge in [-0.1, -0.05) is 19.8 Å². The van der Waals surface area contributed by atoms with Gasteiger partial charge in [0.1, 0.15) is 0 Å². The molecule has 0 saturated carbocycles. The van der Waals surface area contributed by atoms with Crippen molar-refractivity contribution in [1.29, 1.82) is 0 Å². The third-order valence-corrected chi connectivity index (χ3v) is 4.75. The molecule has 0 saturated heterocycles. The van der Waals surface area contributed by atoms with Crippen LogP contribution in [0.15, 0.2) is 0 Å². The lowest BCUT2D eigenvalue weighted by molar-refractivity contribution is -0.119. The van der Waals surface area contributed by atoms with Crippen LogP contribution in [0.1, 0.15) is 50.1 Å². The number of hydrogen-bond acceptors (Lipinski definition) is 4. The van der Waals surface area contributed by atoms with Crippen LogP contribution in [0.4, 0.5) is 5.13 Å². The van der Waals surface area contributed by atoms with Crippen LogP contribution in [0.5, 0.6) is 0 Å². The number of rotatable bonds is 6. The number of nitrogens with zero attached hydrogens (tertiary/aromatic N) is 1. The van der Waals surface area contributed by atoms with E-state index in [9.17, 15) is 9.59 Å². The van der Waals surface area contributed by atoms with Crippen molar-refractivity contribution < 1.29 is 9.59 Å². The monoisotopic (exact) mass is 309 g/mol.